The molecule has 2 aliphatic rings. The quantitative estimate of drug-likeness (QED) is 0.581. The first-order valence-corrected chi connectivity index (χ1v) is 6.14. The van der Waals surface area contributed by atoms with Crippen LogP contribution in [0.2, 0.25) is 0 Å². The van der Waals surface area contributed by atoms with Gasteiger partial charge in [-0.15, -0.1) is 0 Å². The van der Waals surface area contributed by atoms with Crippen molar-refractivity contribution in [2.75, 3.05) is 13.6 Å². The zero-order valence-electron chi connectivity index (χ0n) is 9.98. The minimum Gasteiger partial charge on any atom is -0.302 e. The van der Waals surface area contributed by atoms with E-state index in [0.29, 0.717) is 5.92 Å². The first kappa shape index (κ1) is 10.7. The standard InChI is InChI=1S/C13H16N2O2/c1-14-5-4-12-10(8-14)6-11(15(16)17)7-13(12)9-2-3-9/h6-7,9H,2-5,8H2,1H3. The fourth-order valence-electron chi connectivity index (χ4n) is 2.72. The summed E-state index contributed by atoms with van der Waals surface area (Å²) >= 11 is 0. The Kier molecular flexibility index (Phi) is 2.40. The highest BCUT2D eigenvalue weighted by atomic mass is 16.6. The monoisotopic (exact) mass is 232 g/mol. The van der Waals surface area contributed by atoms with Gasteiger partial charge < -0.3 is 4.90 Å². The number of likely N-dealkylation sites (N-methyl/N-ethyl adjacent to an activating group) is 1. The summed E-state index contributed by atoms with van der Waals surface area (Å²) in [6.45, 7) is 1.90. The van der Waals surface area contributed by atoms with Gasteiger partial charge in [-0.1, -0.05) is 0 Å². The van der Waals surface area contributed by atoms with E-state index in [2.05, 4.69) is 11.9 Å². The molecule has 0 spiro atoms. The maximum Gasteiger partial charge on any atom is 0.270 e. The van der Waals surface area contributed by atoms with Crippen molar-refractivity contribution >= 4 is 5.69 Å². The van der Waals surface area contributed by atoms with E-state index in [1.54, 1.807) is 6.07 Å². The summed E-state index contributed by atoms with van der Waals surface area (Å²) in [6.07, 6.45) is 3.43. The predicted molar refractivity (Wildman–Crippen MR) is 65.1 cm³/mol. The van der Waals surface area contributed by atoms with Crippen LogP contribution >= 0.6 is 0 Å². The van der Waals surface area contributed by atoms with E-state index < -0.39 is 0 Å². The largest absolute Gasteiger partial charge is 0.302 e. The molecule has 1 fully saturated rings. The number of hydrogen-bond acceptors (Lipinski definition) is 3. The molecule has 17 heavy (non-hydrogen) atoms. The van der Waals surface area contributed by atoms with Crippen LogP contribution in [-0.4, -0.2) is 23.4 Å². The summed E-state index contributed by atoms with van der Waals surface area (Å²) in [5, 5.41) is 11.0. The topological polar surface area (TPSA) is 46.4 Å². The summed E-state index contributed by atoms with van der Waals surface area (Å²) in [6, 6.07) is 3.57. The van der Waals surface area contributed by atoms with Crippen molar-refractivity contribution in [3.63, 3.8) is 0 Å². The third-order valence-corrected chi connectivity index (χ3v) is 3.77. The van der Waals surface area contributed by atoms with Crippen molar-refractivity contribution in [2.24, 2.45) is 0 Å². The number of nitro groups is 1. The molecule has 3 rings (SSSR count). The lowest BCUT2D eigenvalue weighted by Crippen LogP contribution is -2.27. The van der Waals surface area contributed by atoms with Gasteiger partial charge in [0.1, 0.15) is 0 Å². The highest BCUT2D eigenvalue weighted by Gasteiger charge is 2.30. The zero-order chi connectivity index (χ0) is 12.0. The van der Waals surface area contributed by atoms with Gasteiger partial charge in [0.2, 0.25) is 0 Å². The van der Waals surface area contributed by atoms with Crippen LogP contribution < -0.4 is 0 Å². The van der Waals surface area contributed by atoms with Crippen molar-refractivity contribution in [3.8, 4) is 0 Å². The molecule has 0 atom stereocenters. The third-order valence-electron chi connectivity index (χ3n) is 3.77. The maximum atomic E-state index is 11.0. The molecule has 90 valence electrons. The molecule has 1 aromatic carbocycles. The summed E-state index contributed by atoms with van der Waals surface area (Å²) < 4.78 is 0. The lowest BCUT2D eigenvalue weighted by molar-refractivity contribution is -0.385. The van der Waals surface area contributed by atoms with Crippen molar-refractivity contribution < 1.29 is 4.92 Å². The Labute approximate surface area is 100 Å². The van der Waals surface area contributed by atoms with Crippen LogP contribution in [0.4, 0.5) is 5.69 Å². The van der Waals surface area contributed by atoms with Crippen LogP contribution in [0.5, 0.6) is 0 Å². The van der Waals surface area contributed by atoms with Crippen molar-refractivity contribution in [2.45, 2.75) is 31.7 Å². The highest BCUT2D eigenvalue weighted by molar-refractivity contribution is 5.49. The average Bonchev–Trinajstić information content (AvgIpc) is 3.10. The number of nitro benzene ring substituents is 1. The van der Waals surface area contributed by atoms with E-state index in [-0.39, 0.29) is 10.6 Å². The summed E-state index contributed by atoms with van der Waals surface area (Å²) in [5.41, 5.74) is 4.06. The second-order valence-electron chi connectivity index (χ2n) is 5.19. The van der Waals surface area contributed by atoms with E-state index in [9.17, 15) is 10.1 Å². The Hall–Kier alpha value is -1.42. The van der Waals surface area contributed by atoms with Crippen LogP contribution in [0.15, 0.2) is 12.1 Å². The zero-order valence-corrected chi connectivity index (χ0v) is 9.98. The van der Waals surface area contributed by atoms with Gasteiger partial charge in [0, 0.05) is 25.2 Å². The van der Waals surface area contributed by atoms with Crippen molar-refractivity contribution in [1.29, 1.82) is 0 Å². The molecule has 0 aromatic heterocycles. The lowest BCUT2D eigenvalue weighted by atomic mass is 9.91. The van der Waals surface area contributed by atoms with Crippen molar-refractivity contribution in [3.05, 3.63) is 38.9 Å². The smallest absolute Gasteiger partial charge is 0.270 e. The number of hydrogen-bond donors (Lipinski definition) is 0. The molecule has 1 saturated carbocycles. The van der Waals surface area contributed by atoms with E-state index in [1.807, 2.05) is 6.07 Å². The average molecular weight is 232 g/mol. The fraction of sp³-hybridized carbons (Fsp3) is 0.538. The SMILES string of the molecule is CN1CCc2c(cc([N+](=O)[O-])cc2C2CC2)C1. The van der Waals surface area contributed by atoms with E-state index in [1.165, 1.54) is 24.0 Å². The van der Waals surface area contributed by atoms with Gasteiger partial charge in [-0.3, -0.25) is 10.1 Å². The highest BCUT2D eigenvalue weighted by Crippen LogP contribution is 2.44. The van der Waals surface area contributed by atoms with Gasteiger partial charge in [-0.2, -0.15) is 0 Å². The number of benzene rings is 1. The van der Waals surface area contributed by atoms with Gasteiger partial charge >= 0.3 is 0 Å². The van der Waals surface area contributed by atoms with Crippen molar-refractivity contribution in [1.82, 2.24) is 4.90 Å². The van der Waals surface area contributed by atoms with E-state index in [0.717, 1.165) is 25.1 Å². The number of nitrogens with zero attached hydrogens (tertiary/aromatic N) is 2. The molecule has 0 radical (unpaired) electrons. The Morgan fingerprint density at radius 2 is 2.18 bits per heavy atom. The normalized spacial score (nSPS) is 20.1. The van der Waals surface area contributed by atoms with Crippen LogP contribution in [0.25, 0.3) is 0 Å². The minimum atomic E-state index is -0.263. The van der Waals surface area contributed by atoms with Gasteiger partial charge in [-0.25, -0.2) is 0 Å². The molecular formula is C13H16N2O2. The second kappa shape index (κ2) is 3.81. The van der Waals surface area contributed by atoms with Gasteiger partial charge in [0.25, 0.3) is 5.69 Å². The molecule has 0 bridgehead atoms. The van der Waals surface area contributed by atoms with E-state index in [4.69, 9.17) is 0 Å². The molecule has 0 amide bonds. The Balaban J connectivity index is 2.10. The van der Waals surface area contributed by atoms with Crippen LogP contribution in [0.1, 0.15) is 35.4 Å². The first-order chi connectivity index (χ1) is 8.15. The van der Waals surface area contributed by atoms with Gasteiger partial charge in [0.15, 0.2) is 0 Å². The minimum absolute atomic E-state index is 0.263. The molecule has 0 saturated heterocycles. The molecule has 1 aromatic rings. The number of fused-ring (bicyclic) bond motifs is 1. The molecular weight excluding hydrogens is 216 g/mol. The Bertz CT molecular complexity index is 481. The molecule has 1 heterocycles. The fourth-order valence-corrected chi connectivity index (χ4v) is 2.72. The number of non-ortho nitro benzene ring substituents is 1. The lowest BCUT2D eigenvalue weighted by Gasteiger charge is -2.26. The molecule has 1 aliphatic carbocycles. The maximum absolute atomic E-state index is 11.0. The molecule has 4 heteroatoms. The number of rotatable bonds is 2. The molecule has 0 unspecified atom stereocenters. The Morgan fingerprint density at radius 1 is 1.41 bits per heavy atom. The first-order valence-electron chi connectivity index (χ1n) is 6.14. The summed E-state index contributed by atoms with van der Waals surface area (Å²) in [5.74, 6) is 0.590. The molecule has 0 N–H and O–H groups in total. The van der Waals surface area contributed by atoms with Crippen LogP contribution in [0, 0.1) is 10.1 Å². The second-order valence-corrected chi connectivity index (χ2v) is 5.19. The van der Waals surface area contributed by atoms with Crippen LogP contribution in [-0.2, 0) is 13.0 Å². The predicted octanol–water partition coefficient (Wildman–Crippen LogP) is 2.46. The Morgan fingerprint density at radius 3 is 2.82 bits per heavy atom. The molecule has 4 nitrogen and oxygen atoms in total. The third kappa shape index (κ3) is 1.93. The van der Waals surface area contributed by atoms with Crippen LogP contribution in [0.3, 0.4) is 0 Å². The van der Waals surface area contributed by atoms with Gasteiger partial charge in [-0.05, 0) is 48.9 Å². The molecule has 1 aliphatic heterocycles. The van der Waals surface area contributed by atoms with Gasteiger partial charge in [0.05, 0.1) is 4.92 Å². The van der Waals surface area contributed by atoms with E-state index >= 15 is 0 Å². The summed E-state index contributed by atoms with van der Waals surface area (Å²) in [7, 11) is 2.07. The summed E-state index contributed by atoms with van der Waals surface area (Å²) in [4.78, 5) is 12.9.